The number of aliphatic imine (C=N–C) groups is 2. The summed E-state index contributed by atoms with van der Waals surface area (Å²) < 4.78 is 0. The van der Waals surface area contributed by atoms with Crippen LogP contribution in [-0.2, 0) is 0 Å². The molecule has 0 radical (unpaired) electrons. The lowest BCUT2D eigenvalue weighted by atomic mass is 10.1. The van der Waals surface area contributed by atoms with Crippen LogP contribution in [0, 0.1) is 0 Å². The van der Waals surface area contributed by atoms with Crippen LogP contribution in [0.15, 0.2) is 21.8 Å². The third-order valence-corrected chi connectivity index (χ3v) is 1.64. The zero-order valence-corrected chi connectivity index (χ0v) is 5.87. The molecule has 11 heavy (non-hydrogen) atoms. The minimum absolute atomic E-state index is 0.390. The highest BCUT2D eigenvalue weighted by atomic mass is 16.2. The van der Waals surface area contributed by atoms with Crippen LogP contribution in [0.2, 0.25) is 0 Å². The number of fused-ring (bicyclic) bond motifs is 1. The second kappa shape index (κ2) is 2.30. The average molecular weight is 149 g/mol. The monoisotopic (exact) mass is 149 g/mol. The van der Waals surface area contributed by atoms with Crippen molar-refractivity contribution in [2.75, 3.05) is 6.54 Å². The van der Waals surface area contributed by atoms with E-state index in [9.17, 15) is 4.79 Å². The molecule has 0 saturated heterocycles. The van der Waals surface area contributed by atoms with Crippen molar-refractivity contribution in [1.82, 2.24) is 5.32 Å². The molecule has 4 heteroatoms. The number of rotatable bonds is 0. The van der Waals surface area contributed by atoms with E-state index in [-0.39, 0.29) is 6.03 Å². The van der Waals surface area contributed by atoms with Crippen LogP contribution >= 0.6 is 0 Å². The number of allylic oxidation sites excluding steroid dienone is 1. The van der Waals surface area contributed by atoms with Crippen molar-refractivity contribution in [3.8, 4) is 0 Å². The summed E-state index contributed by atoms with van der Waals surface area (Å²) in [6.45, 7) is 0.851. The molecule has 2 heterocycles. The highest BCUT2D eigenvalue weighted by Crippen LogP contribution is 2.08. The van der Waals surface area contributed by atoms with Gasteiger partial charge in [-0.1, -0.05) is 0 Å². The minimum Gasteiger partial charge on any atom is -0.390 e. The molecule has 0 aromatic carbocycles. The van der Waals surface area contributed by atoms with Gasteiger partial charge in [-0.25, -0.2) is 4.79 Å². The van der Waals surface area contributed by atoms with Crippen molar-refractivity contribution in [3.05, 3.63) is 11.8 Å². The number of hydrogen-bond donors (Lipinski definition) is 1. The first-order valence-corrected chi connectivity index (χ1v) is 3.46. The molecule has 2 aliphatic heterocycles. The van der Waals surface area contributed by atoms with Crippen molar-refractivity contribution >= 4 is 18.0 Å². The summed E-state index contributed by atoms with van der Waals surface area (Å²) in [5.74, 6) is 0. The highest BCUT2D eigenvalue weighted by Gasteiger charge is 2.14. The van der Waals surface area contributed by atoms with Gasteiger partial charge in [-0.3, -0.25) is 0 Å². The van der Waals surface area contributed by atoms with E-state index in [0.29, 0.717) is 0 Å². The summed E-state index contributed by atoms with van der Waals surface area (Å²) in [6, 6.07) is -0.390. The first-order valence-electron chi connectivity index (χ1n) is 3.46. The molecule has 0 aliphatic carbocycles. The van der Waals surface area contributed by atoms with Crippen LogP contribution < -0.4 is 5.32 Å². The van der Waals surface area contributed by atoms with Crippen LogP contribution in [0.4, 0.5) is 4.79 Å². The Morgan fingerprint density at radius 2 is 2.45 bits per heavy atom. The summed E-state index contributed by atoms with van der Waals surface area (Å²) in [5, 5.41) is 3.05. The molecule has 0 aromatic rings. The number of carbonyl (C=O) groups is 1. The SMILES string of the molecule is O=C1N=CC2=CNCCC2=N1. The van der Waals surface area contributed by atoms with Crippen LogP contribution in [0.1, 0.15) is 6.42 Å². The predicted octanol–water partition coefficient (Wildman–Crippen LogP) is 0.509. The lowest BCUT2D eigenvalue weighted by molar-refractivity contribution is 0.257. The normalized spacial score (nSPS) is 21.6. The van der Waals surface area contributed by atoms with Gasteiger partial charge < -0.3 is 5.32 Å². The van der Waals surface area contributed by atoms with Crippen LogP contribution in [0.3, 0.4) is 0 Å². The summed E-state index contributed by atoms with van der Waals surface area (Å²) in [6.07, 6.45) is 4.19. The number of hydrogen-bond acceptors (Lipinski definition) is 2. The standard InChI is InChI=1S/C7H7N3O/c11-7-9-4-5-3-8-2-1-6(5)10-7/h3-4,8H,1-2H2. The summed E-state index contributed by atoms with van der Waals surface area (Å²) in [4.78, 5) is 18.0. The highest BCUT2D eigenvalue weighted by molar-refractivity contribution is 6.23. The third kappa shape index (κ3) is 1.07. The minimum atomic E-state index is -0.390. The number of urea groups is 1. The van der Waals surface area contributed by atoms with Crippen LogP contribution in [-0.4, -0.2) is 24.5 Å². The molecule has 0 fully saturated rings. The van der Waals surface area contributed by atoms with Gasteiger partial charge in [-0.2, -0.15) is 9.98 Å². The fraction of sp³-hybridized carbons (Fsp3) is 0.286. The quantitative estimate of drug-likeness (QED) is 0.545. The van der Waals surface area contributed by atoms with Crippen molar-refractivity contribution in [3.63, 3.8) is 0 Å². The summed E-state index contributed by atoms with van der Waals surface area (Å²) in [5.41, 5.74) is 1.78. The predicted molar refractivity (Wildman–Crippen MR) is 42.0 cm³/mol. The van der Waals surface area contributed by atoms with E-state index < -0.39 is 0 Å². The Balaban J connectivity index is 2.38. The van der Waals surface area contributed by atoms with E-state index in [4.69, 9.17) is 0 Å². The molecule has 56 valence electrons. The van der Waals surface area contributed by atoms with E-state index in [1.54, 1.807) is 6.21 Å². The second-order valence-corrected chi connectivity index (χ2v) is 2.40. The summed E-state index contributed by atoms with van der Waals surface area (Å²) >= 11 is 0. The van der Waals surface area contributed by atoms with Gasteiger partial charge in [-0.15, -0.1) is 0 Å². The molecule has 0 aromatic heterocycles. The maximum Gasteiger partial charge on any atom is 0.367 e. The largest absolute Gasteiger partial charge is 0.390 e. The Labute approximate surface area is 63.7 Å². The van der Waals surface area contributed by atoms with Crippen LogP contribution in [0.5, 0.6) is 0 Å². The van der Waals surface area contributed by atoms with Crippen LogP contribution in [0.25, 0.3) is 0 Å². The topological polar surface area (TPSA) is 53.8 Å². The van der Waals surface area contributed by atoms with Gasteiger partial charge in [0, 0.05) is 31.0 Å². The molecule has 2 aliphatic rings. The van der Waals surface area contributed by atoms with Gasteiger partial charge in [0.1, 0.15) is 0 Å². The van der Waals surface area contributed by atoms with Crippen molar-refractivity contribution in [2.45, 2.75) is 6.42 Å². The van der Waals surface area contributed by atoms with E-state index in [1.165, 1.54) is 0 Å². The molecule has 4 nitrogen and oxygen atoms in total. The number of nitrogens with zero attached hydrogens (tertiary/aromatic N) is 2. The van der Waals surface area contributed by atoms with Crippen molar-refractivity contribution in [2.24, 2.45) is 9.98 Å². The van der Waals surface area contributed by atoms with Gasteiger partial charge in [0.25, 0.3) is 0 Å². The zero-order valence-electron chi connectivity index (χ0n) is 5.87. The molecular weight excluding hydrogens is 142 g/mol. The molecule has 0 saturated carbocycles. The number of nitrogens with one attached hydrogen (secondary N) is 1. The van der Waals surface area contributed by atoms with E-state index in [2.05, 4.69) is 15.3 Å². The van der Waals surface area contributed by atoms with E-state index in [1.807, 2.05) is 6.20 Å². The lowest BCUT2D eigenvalue weighted by Gasteiger charge is -2.14. The van der Waals surface area contributed by atoms with Gasteiger partial charge in [-0.05, 0) is 0 Å². The van der Waals surface area contributed by atoms with Gasteiger partial charge in [0.2, 0.25) is 0 Å². The molecule has 0 spiro atoms. The molecule has 2 rings (SSSR count). The Morgan fingerprint density at radius 1 is 1.55 bits per heavy atom. The molecular formula is C7H7N3O. The average Bonchev–Trinajstić information content (AvgIpc) is 2.04. The molecule has 0 atom stereocenters. The van der Waals surface area contributed by atoms with Crippen molar-refractivity contribution < 1.29 is 4.79 Å². The Hall–Kier alpha value is -1.45. The van der Waals surface area contributed by atoms with Gasteiger partial charge in [0.05, 0.1) is 5.71 Å². The maximum atomic E-state index is 10.7. The van der Waals surface area contributed by atoms with E-state index in [0.717, 1.165) is 24.3 Å². The Kier molecular flexibility index (Phi) is 1.31. The first-order chi connectivity index (χ1) is 5.36. The molecule has 0 bridgehead atoms. The third-order valence-electron chi connectivity index (χ3n) is 1.64. The van der Waals surface area contributed by atoms with Crippen molar-refractivity contribution in [1.29, 1.82) is 0 Å². The lowest BCUT2D eigenvalue weighted by Crippen LogP contribution is -2.25. The molecule has 2 amide bonds. The fourth-order valence-corrected chi connectivity index (χ4v) is 1.10. The maximum absolute atomic E-state index is 10.7. The number of amides is 2. The summed E-state index contributed by atoms with van der Waals surface area (Å²) in [7, 11) is 0. The smallest absolute Gasteiger partial charge is 0.367 e. The Morgan fingerprint density at radius 3 is 3.36 bits per heavy atom. The second-order valence-electron chi connectivity index (χ2n) is 2.40. The molecule has 1 N–H and O–H groups in total. The van der Waals surface area contributed by atoms with Gasteiger partial charge in [0.15, 0.2) is 0 Å². The van der Waals surface area contributed by atoms with Gasteiger partial charge >= 0.3 is 6.03 Å². The zero-order chi connectivity index (χ0) is 7.68. The molecule has 0 unspecified atom stereocenters. The Bertz CT molecular complexity index is 288. The van der Waals surface area contributed by atoms with E-state index >= 15 is 0 Å². The fourth-order valence-electron chi connectivity index (χ4n) is 1.10. The first kappa shape index (κ1) is 6.27. The number of carbonyl (C=O) groups excluding carboxylic acids is 1.